The summed E-state index contributed by atoms with van der Waals surface area (Å²) in [6.07, 6.45) is 2.50. The van der Waals surface area contributed by atoms with Crippen LogP contribution in [0.2, 0.25) is 0 Å². The maximum absolute atomic E-state index is 13.7. The van der Waals surface area contributed by atoms with Crippen LogP contribution in [-0.2, 0) is 6.42 Å². The third kappa shape index (κ3) is 4.10. The van der Waals surface area contributed by atoms with Crippen molar-refractivity contribution in [1.29, 1.82) is 0 Å². The Kier molecular flexibility index (Phi) is 5.39. The molecule has 1 heterocycles. The van der Waals surface area contributed by atoms with E-state index in [0.29, 0.717) is 33.9 Å². The standard InChI is InChI=1S/C25H20BrF2N3O/c26-17-5-8-21-23(12-17)30-24(22(29)11-14-9-18(27)13-19(28)10-14)31(25(21)32)20-6-3-16(4-7-20)15-1-2-15/h3-10,12-13,15,22H,1-2,11,29H2. The molecule has 162 valence electrons. The van der Waals surface area contributed by atoms with Gasteiger partial charge in [0.1, 0.15) is 17.5 Å². The molecule has 0 spiro atoms. The Hall–Kier alpha value is -2.90. The van der Waals surface area contributed by atoms with Gasteiger partial charge >= 0.3 is 0 Å². The lowest BCUT2D eigenvalue weighted by Gasteiger charge is -2.19. The van der Waals surface area contributed by atoms with E-state index in [2.05, 4.69) is 15.9 Å². The second-order valence-corrected chi connectivity index (χ2v) is 9.14. The van der Waals surface area contributed by atoms with Crippen LogP contribution < -0.4 is 11.3 Å². The van der Waals surface area contributed by atoms with Crippen LogP contribution in [0.15, 0.2) is 69.9 Å². The van der Waals surface area contributed by atoms with Crippen molar-refractivity contribution < 1.29 is 8.78 Å². The molecule has 0 amide bonds. The lowest BCUT2D eigenvalue weighted by molar-refractivity contribution is 0.572. The first-order valence-electron chi connectivity index (χ1n) is 10.4. The van der Waals surface area contributed by atoms with Crippen LogP contribution >= 0.6 is 15.9 Å². The molecule has 32 heavy (non-hydrogen) atoms. The molecular weight excluding hydrogens is 476 g/mol. The van der Waals surface area contributed by atoms with Crippen LogP contribution in [-0.4, -0.2) is 9.55 Å². The van der Waals surface area contributed by atoms with Crippen molar-refractivity contribution >= 4 is 26.8 Å². The van der Waals surface area contributed by atoms with E-state index < -0.39 is 17.7 Å². The molecule has 4 nitrogen and oxygen atoms in total. The second kappa shape index (κ2) is 8.22. The molecular formula is C25H20BrF2N3O. The summed E-state index contributed by atoms with van der Waals surface area (Å²) in [5.74, 6) is -0.409. The zero-order valence-electron chi connectivity index (χ0n) is 17.1. The van der Waals surface area contributed by atoms with E-state index in [-0.39, 0.29) is 12.0 Å². The highest BCUT2D eigenvalue weighted by Crippen LogP contribution is 2.40. The topological polar surface area (TPSA) is 60.9 Å². The molecule has 2 N–H and O–H groups in total. The Morgan fingerprint density at radius 3 is 2.38 bits per heavy atom. The number of hydrogen-bond acceptors (Lipinski definition) is 3. The van der Waals surface area contributed by atoms with Crippen LogP contribution in [0.25, 0.3) is 16.6 Å². The van der Waals surface area contributed by atoms with Crippen molar-refractivity contribution in [2.75, 3.05) is 0 Å². The fraction of sp³-hybridized carbons (Fsp3) is 0.200. The first kappa shape index (κ1) is 21.0. The SMILES string of the molecule is NC(Cc1cc(F)cc(F)c1)c1nc2cc(Br)ccc2c(=O)n1-c1ccc(C2CC2)cc1. The second-order valence-electron chi connectivity index (χ2n) is 8.23. The van der Waals surface area contributed by atoms with Crippen molar-refractivity contribution in [1.82, 2.24) is 9.55 Å². The normalized spacial score (nSPS) is 14.6. The average Bonchev–Trinajstić information content (AvgIpc) is 3.58. The maximum Gasteiger partial charge on any atom is 0.266 e. The van der Waals surface area contributed by atoms with Gasteiger partial charge in [0.15, 0.2) is 0 Å². The molecule has 1 aliphatic carbocycles. The molecule has 7 heteroatoms. The van der Waals surface area contributed by atoms with Gasteiger partial charge in [0.05, 0.1) is 22.6 Å². The fourth-order valence-corrected chi connectivity index (χ4v) is 4.41. The molecule has 0 bridgehead atoms. The number of nitrogens with two attached hydrogens (primary N) is 1. The van der Waals surface area contributed by atoms with Gasteiger partial charge in [-0.05, 0) is 78.8 Å². The first-order chi connectivity index (χ1) is 15.4. The largest absolute Gasteiger partial charge is 0.321 e. The number of fused-ring (bicyclic) bond motifs is 1. The van der Waals surface area contributed by atoms with Crippen molar-refractivity contribution in [3.8, 4) is 5.69 Å². The first-order valence-corrected chi connectivity index (χ1v) is 11.2. The summed E-state index contributed by atoms with van der Waals surface area (Å²) in [5, 5.41) is 0.465. The van der Waals surface area contributed by atoms with Crippen LogP contribution in [0.5, 0.6) is 0 Å². The van der Waals surface area contributed by atoms with Crippen molar-refractivity contribution in [3.63, 3.8) is 0 Å². The molecule has 0 radical (unpaired) electrons. The van der Waals surface area contributed by atoms with Crippen molar-refractivity contribution in [3.05, 3.63) is 104 Å². The summed E-state index contributed by atoms with van der Waals surface area (Å²) >= 11 is 3.42. The van der Waals surface area contributed by atoms with Gasteiger partial charge in [-0.25, -0.2) is 13.8 Å². The smallest absolute Gasteiger partial charge is 0.266 e. The van der Waals surface area contributed by atoms with Gasteiger partial charge in [-0.2, -0.15) is 0 Å². The number of nitrogens with zero attached hydrogens (tertiary/aromatic N) is 2. The predicted molar refractivity (Wildman–Crippen MR) is 124 cm³/mol. The van der Waals surface area contributed by atoms with E-state index in [4.69, 9.17) is 10.7 Å². The van der Waals surface area contributed by atoms with Gasteiger partial charge < -0.3 is 5.73 Å². The summed E-state index contributed by atoms with van der Waals surface area (Å²) in [7, 11) is 0. The molecule has 0 aliphatic heterocycles. The Balaban J connectivity index is 1.64. The van der Waals surface area contributed by atoms with E-state index in [1.54, 1.807) is 18.2 Å². The molecule has 1 atom stereocenters. The molecule has 1 aliphatic rings. The Bertz CT molecular complexity index is 1360. The van der Waals surface area contributed by atoms with E-state index in [0.717, 1.165) is 10.5 Å². The number of benzene rings is 3. The molecule has 0 saturated heterocycles. The fourth-order valence-electron chi connectivity index (χ4n) is 4.06. The highest BCUT2D eigenvalue weighted by atomic mass is 79.9. The lowest BCUT2D eigenvalue weighted by Crippen LogP contribution is -2.29. The average molecular weight is 496 g/mol. The maximum atomic E-state index is 13.7. The quantitative estimate of drug-likeness (QED) is 0.395. The summed E-state index contributed by atoms with van der Waals surface area (Å²) in [6.45, 7) is 0. The minimum absolute atomic E-state index is 0.126. The lowest BCUT2D eigenvalue weighted by atomic mass is 10.0. The molecule has 1 fully saturated rings. The summed E-state index contributed by atoms with van der Waals surface area (Å²) in [6, 6.07) is 15.7. The summed E-state index contributed by atoms with van der Waals surface area (Å²) in [4.78, 5) is 18.2. The van der Waals surface area contributed by atoms with Gasteiger partial charge in [0.2, 0.25) is 0 Å². The minimum Gasteiger partial charge on any atom is -0.321 e. The van der Waals surface area contributed by atoms with E-state index in [1.807, 2.05) is 24.3 Å². The number of halogens is 3. The van der Waals surface area contributed by atoms with Crippen LogP contribution in [0.3, 0.4) is 0 Å². The Morgan fingerprint density at radius 2 is 1.72 bits per heavy atom. The molecule has 1 aromatic heterocycles. The summed E-state index contributed by atoms with van der Waals surface area (Å²) < 4.78 is 29.7. The molecule has 3 aromatic carbocycles. The third-order valence-electron chi connectivity index (χ3n) is 5.77. The zero-order chi connectivity index (χ0) is 22.4. The summed E-state index contributed by atoms with van der Waals surface area (Å²) in [5.41, 5.74) is 9.05. The van der Waals surface area contributed by atoms with E-state index in [1.165, 1.54) is 35.1 Å². The minimum atomic E-state index is -0.754. The molecule has 1 unspecified atom stereocenters. The van der Waals surface area contributed by atoms with E-state index in [9.17, 15) is 13.6 Å². The van der Waals surface area contributed by atoms with Crippen LogP contribution in [0.4, 0.5) is 8.78 Å². The molecule has 4 aromatic rings. The highest BCUT2D eigenvalue weighted by molar-refractivity contribution is 9.10. The highest BCUT2D eigenvalue weighted by Gasteiger charge is 2.24. The van der Waals surface area contributed by atoms with Gasteiger partial charge in [-0.1, -0.05) is 28.1 Å². The Labute approximate surface area is 191 Å². The zero-order valence-corrected chi connectivity index (χ0v) is 18.6. The van der Waals surface area contributed by atoms with Crippen LogP contribution in [0, 0.1) is 11.6 Å². The monoisotopic (exact) mass is 495 g/mol. The van der Waals surface area contributed by atoms with Crippen molar-refractivity contribution in [2.24, 2.45) is 5.73 Å². The molecule has 5 rings (SSSR count). The van der Waals surface area contributed by atoms with Gasteiger partial charge in [0.25, 0.3) is 5.56 Å². The van der Waals surface area contributed by atoms with Gasteiger partial charge in [-0.15, -0.1) is 0 Å². The van der Waals surface area contributed by atoms with Gasteiger partial charge in [-0.3, -0.25) is 9.36 Å². The van der Waals surface area contributed by atoms with Crippen molar-refractivity contribution in [2.45, 2.75) is 31.2 Å². The number of hydrogen-bond donors (Lipinski definition) is 1. The van der Waals surface area contributed by atoms with E-state index >= 15 is 0 Å². The van der Waals surface area contributed by atoms with Gasteiger partial charge in [0, 0.05) is 10.5 Å². The predicted octanol–water partition coefficient (Wildman–Crippen LogP) is 5.55. The Morgan fingerprint density at radius 1 is 1.03 bits per heavy atom. The van der Waals surface area contributed by atoms with Crippen LogP contribution in [0.1, 0.15) is 41.8 Å². The third-order valence-corrected chi connectivity index (χ3v) is 6.26. The number of rotatable bonds is 5. The number of aromatic nitrogens is 2. The molecule has 1 saturated carbocycles.